The largest absolute Gasteiger partial charge is 0.345 e. The Bertz CT molecular complexity index is 513. The van der Waals surface area contributed by atoms with Gasteiger partial charge in [-0.2, -0.15) is 11.8 Å². The second kappa shape index (κ2) is 7.47. The van der Waals surface area contributed by atoms with E-state index in [1.807, 2.05) is 17.8 Å². The van der Waals surface area contributed by atoms with Crippen molar-refractivity contribution in [2.45, 2.75) is 12.5 Å². The lowest BCUT2D eigenvalue weighted by molar-refractivity contribution is -0.116. The van der Waals surface area contributed by atoms with Crippen LogP contribution in [0.5, 0.6) is 0 Å². The summed E-state index contributed by atoms with van der Waals surface area (Å²) in [7, 11) is 3.40. The Hall–Kier alpha value is -1.53. The molecule has 2 N–H and O–H groups in total. The molecule has 2 amide bonds. The SMILES string of the molecule is CN(C)C(=O)c1ccccc1NC(=O)CC1CSCCN1. The Kier molecular flexibility index (Phi) is 5.64. The minimum absolute atomic E-state index is 0.0611. The highest BCUT2D eigenvalue weighted by Gasteiger charge is 2.19. The van der Waals surface area contributed by atoms with Crippen molar-refractivity contribution in [3.05, 3.63) is 29.8 Å². The van der Waals surface area contributed by atoms with E-state index in [1.165, 1.54) is 4.90 Å². The van der Waals surface area contributed by atoms with Crippen molar-refractivity contribution in [2.75, 3.05) is 37.5 Å². The highest BCUT2D eigenvalue weighted by molar-refractivity contribution is 7.99. The van der Waals surface area contributed by atoms with E-state index in [-0.39, 0.29) is 17.9 Å². The monoisotopic (exact) mass is 307 g/mol. The van der Waals surface area contributed by atoms with Gasteiger partial charge >= 0.3 is 0 Å². The Morgan fingerprint density at radius 1 is 1.38 bits per heavy atom. The van der Waals surface area contributed by atoms with Crippen LogP contribution in [0.2, 0.25) is 0 Å². The zero-order chi connectivity index (χ0) is 15.2. The highest BCUT2D eigenvalue weighted by atomic mass is 32.2. The molecule has 1 aliphatic rings. The van der Waals surface area contributed by atoms with Gasteiger partial charge in [0.25, 0.3) is 5.91 Å². The Morgan fingerprint density at radius 2 is 2.14 bits per heavy atom. The molecule has 1 saturated heterocycles. The van der Waals surface area contributed by atoms with Crippen molar-refractivity contribution < 1.29 is 9.59 Å². The molecule has 1 atom stereocenters. The maximum Gasteiger partial charge on any atom is 0.255 e. The first kappa shape index (κ1) is 15.9. The molecule has 0 saturated carbocycles. The van der Waals surface area contributed by atoms with E-state index >= 15 is 0 Å². The van der Waals surface area contributed by atoms with Crippen LogP contribution in [0.4, 0.5) is 5.69 Å². The van der Waals surface area contributed by atoms with E-state index in [1.54, 1.807) is 32.3 Å². The normalized spacial score (nSPS) is 18.1. The maximum absolute atomic E-state index is 12.1. The minimum Gasteiger partial charge on any atom is -0.345 e. The zero-order valence-corrected chi connectivity index (χ0v) is 13.2. The fraction of sp³-hybridized carbons (Fsp3) is 0.467. The van der Waals surface area contributed by atoms with Gasteiger partial charge in [-0.3, -0.25) is 9.59 Å². The molecule has 5 nitrogen and oxygen atoms in total. The third kappa shape index (κ3) is 4.47. The van der Waals surface area contributed by atoms with Crippen LogP contribution in [0, 0.1) is 0 Å². The third-order valence-electron chi connectivity index (χ3n) is 3.27. The molecular weight excluding hydrogens is 286 g/mol. The number of carbonyl (C=O) groups is 2. The lowest BCUT2D eigenvalue weighted by Crippen LogP contribution is -2.40. The Morgan fingerprint density at radius 3 is 2.81 bits per heavy atom. The first-order valence-electron chi connectivity index (χ1n) is 6.99. The van der Waals surface area contributed by atoms with Crippen LogP contribution >= 0.6 is 11.8 Å². The van der Waals surface area contributed by atoms with E-state index in [0.29, 0.717) is 17.7 Å². The third-order valence-corrected chi connectivity index (χ3v) is 4.40. The van der Waals surface area contributed by atoms with Crippen molar-refractivity contribution in [3.63, 3.8) is 0 Å². The van der Waals surface area contributed by atoms with Gasteiger partial charge in [0.15, 0.2) is 0 Å². The summed E-state index contributed by atoms with van der Waals surface area (Å²) in [5.74, 6) is 1.87. The van der Waals surface area contributed by atoms with Gasteiger partial charge in [0.05, 0.1) is 11.3 Å². The van der Waals surface area contributed by atoms with Gasteiger partial charge in [-0.15, -0.1) is 0 Å². The van der Waals surface area contributed by atoms with Crippen molar-refractivity contribution in [1.29, 1.82) is 0 Å². The van der Waals surface area contributed by atoms with Crippen LogP contribution in [0.15, 0.2) is 24.3 Å². The van der Waals surface area contributed by atoms with Crippen LogP contribution in [0.25, 0.3) is 0 Å². The predicted molar refractivity (Wildman–Crippen MR) is 86.8 cm³/mol. The number of hydrogen-bond acceptors (Lipinski definition) is 4. The second-order valence-electron chi connectivity index (χ2n) is 5.22. The number of thioether (sulfide) groups is 1. The summed E-state index contributed by atoms with van der Waals surface area (Å²) < 4.78 is 0. The Balaban J connectivity index is 2.01. The van der Waals surface area contributed by atoms with E-state index in [9.17, 15) is 9.59 Å². The molecule has 0 bridgehead atoms. The molecule has 1 aromatic rings. The smallest absolute Gasteiger partial charge is 0.255 e. The molecule has 0 aromatic heterocycles. The van der Waals surface area contributed by atoms with Gasteiger partial charge in [0.2, 0.25) is 5.91 Å². The average molecular weight is 307 g/mol. The van der Waals surface area contributed by atoms with Crippen LogP contribution < -0.4 is 10.6 Å². The fourth-order valence-electron chi connectivity index (χ4n) is 2.20. The van der Waals surface area contributed by atoms with Crippen LogP contribution in [0.3, 0.4) is 0 Å². The number of hydrogen-bond donors (Lipinski definition) is 2. The molecule has 6 heteroatoms. The molecule has 114 valence electrons. The number of amides is 2. The van der Waals surface area contributed by atoms with E-state index < -0.39 is 0 Å². The molecule has 0 aliphatic carbocycles. The zero-order valence-electron chi connectivity index (χ0n) is 12.4. The molecule has 1 heterocycles. The van der Waals surface area contributed by atoms with E-state index in [4.69, 9.17) is 0 Å². The summed E-state index contributed by atoms with van der Waals surface area (Å²) in [6, 6.07) is 7.31. The number of nitrogens with zero attached hydrogens (tertiary/aromatic N) is 1. The van der Waals surface area contributed by atoms with Crippen LogP contribution in [-0.2, 0) is 4.79 Å². The topological polar surface area (TPSA) is 61.4 Å². The summed E-state index contributed by atoms with van der Waals surface area (Å²) in [5.41, 5.74) is 1.09. The number of anilines is 1. The highest BCUT2D eigenvalue weighted by Crippen LogP contribution is 2.18. The van der Waals surface area contributed by atoms with Crippen LogP contribution in [-0.4, -0.2) is 54.9 Å². The van der Waals surface area contributed by atoms with Gasteiger partial charge in [0, 0.05) is 44.6 Å². The molecule has 1 aromatic carbocycles. The number of carbonyl (C=O) groups excluding carboxylic acids is 2. The molecule has 21 heavy (non-hydrogen) atoms. The molecular formula is C15H21N3O2S. The predicted octanol–water partition coefficient (Wildman–Crippen LogP) is 1.42. The van der Waals surface area contributed by atoms with Gasteiger partial charge in [-0.25, -0.2) is 0 Å². The Labute approximate surface area is 129 Å². The molecule has 1 unspecified atom stereocenters. The number of nitrogens with one attached hydrogen (secondary N) is 2. The molecule has 0 spiro atoms. The molecule has 1 fully saturated rings. The van der Waals surface area contributed by atoms with Crippen molar-refractivity contribution in [3.8, 4) is 0 Å². The molecule has 0 radical (unpaired) electrons. The van der Waals surface area contributed by atoms with Gasteiger partial charge in [-0.05, 0) is 12.1 Å². The van der Waals surface area contributed by atoms with Crippen molar-refractivity contribution >= 4 is 29.3 Å². The summed E-state index contributed by atoms with van der Waals surface area (Å²) in [6.07, 6.45) is 0.428. The lowest BCUT2D eigenvalue weighted by atomic mass is 10.1. The van der Waals surface area contributed by atoms with Gasteiger partial charge in [0.1, 0.15) is 0 Å². The minimum atomic E-state index is -0.114. The summed E-state index contributed by atoms with van der Waals surface area (Å²) >= 11 is 1.86. The lowest BCUT2D eigenvalue weighted by Gasteiger charge is -2.22. The summed E-state index contributed by atoms with van der Waals surface area (Å²) in [5, 5.41) is 6.19. The number of rotatable bonds is 4. The number of benzene rings is 1. The average Bonchev–Trinajstić information content (AvgIpc) is 2.48. The summed E-state index contributed by atoms with van der Waals surface area (Å²) in [4.78, 5) is 25.7. The van der Waals surface area contributed by atoms with E-state index in [0.717, 1.165) is 18.1 Å². The number of para-hydroxylation sites is 1. The van der Waals surface area contributed by atoms with Gasteiger partial charge < -0.3 is 15.5 Å². The van der Waals surface area contributed by atoms with Crippen molar-refractivity contribution in [2.24, 2.45) is 0 Å². The van der Waals surface area contributed by atoms with Gasteiger partial charge in [-0.1, -0.05) is 12.1 Å². The quantitative estimate of drug-likeness (QED) is 0.883. The standard InChI is InChI=1S/C15H21N3O2S/c1-18(2)15(20)12-5-3-4-6-13(12)17-14(19)9-11-10-21-8-7-16-11/h3-6,11,16H,7-10H2,1-2H3,(H,17,19). The first-order chi connectivity index (χ1) is 10.1. The maximum atomic E-state index is 12.1. The summed E-state index contributed by atoms with van der Waals surface area (Å²) in [6.45, 7) is 0.943. The van der Waals surface area contributed by atoms with Crippen molar-refractivity contribution in [1.82, 2.24) is 10.2 Å². The fourth-order valence-corrected chi connectivity index (χ4v) is 3.14. The molecule has 2 rings (SSSR count). The molecule has 1 aliphatic heterocycles. The second-order valence-corrected chi connectivity index (χ2v) is 6.37. The van der Waals surface area contributed by atoms with E-state index in [2.05, 4.69) is 10.6 Å². The first-order valence-corrected chi connectivity index (χ1v) is 8.15. The van der Waals surface area contributed by atoms with Crippen LogP contribution in [0.1, 0.15) is 16.8 Å².